The second-order valence-electron chi connectivity index (χ2n) is 5.74. The monoisotopic (exact) mass is 350 g/mol. The SMILES string of the molecule is O=C(c1csnn1)N1C[C@H](Oc2ncccc2F)[C@H]2OCCC[C@H]21. The Bertz CT molecular complexity index is 729. The van der Waals surface area contributed by atoms with Gasteiger partial charge in [-0.25, -0.2) is 9.37 Å². The van der Waals surface area contributed by atoms with Gasteiger partial charge in [-0.15, -0.1) is 5.10 Å². The molecule has 2 saturated heterocycles. The third-order valence-electron chi connectivity index (χ3n) is 4.30. The number of amides is 1. The summed E-state index contributed by atoms with van der Waals surface area (Å²) in [7, 11) is 0. The van der Waals surface area contributed by atoms with Crippen LogP contribution in [0.2, 0.25) is 0 Å². The van der Waals surface area contributed by atoms with Gasteiger partial charge in [0, 0.05) is 18.2 Å². The number of pyridine rings is 1. The maximum absolute atomic E-state index is 13.8. The molecule has 2 aliphatic rings. The van der Waals surface area contributed by atoms with Crippen molar-refractivity contribution < 1.29 is 18.7 Å². The number of carbonyl (C=O) groups excluding carboxylic acids is 1. The van der Waals surface area contributed by atoms with Crippen LogP contribution in [0.1, 0.15) is 23.3 Å². The minimum Gasteiger partial charge on any atom is -0.468 e. The third-order valence-corrected chi connectivity index (χ3v) is 4.81. The van der Waals surface area contributed by atoms with Gasteiger partial charge in [-0.2, -0.15) is 0 Å². The molecule has 24 heavy (non-hydrogen) atoms. The molecule has 2 aliphatic heterocycles. The molecule has 0 aromatic carbocycles. The second kappa shape index (κ2) is 6.40. The number of likely N-dealkylation sites (tertiary alicyclic amines) is 1. The van der Waals surface area contributed by atoms with Crippen LogP contribution in [-0.4, -0.2) is 56.8 Å². The van der Waals surface area contributed by atoms with Gasteiger partial charge in [-0.05, 0) is 36.5 Å². The molecule has 126 valence electrons. The summed E-state index contributed by atoms with van der Waals surface area (Å²) in [6.45, 7) is 0.910. The molecule has 0 N–H and O–H groups in total. The van der Waals surface area contributed by atoms with Gasteiger partial charge in [0.2, 0.25) is 0 Å². The van der Waals surface area contributed by atoms with Crippen LogP contribution in [0.4, 0.5) is 4.39 Å². The Balaban J connectivity index is 1.57. The van der Waals surface area contributed by atoms with Crippen molar-refractivity contribution in [2.45, 2.75) is 31.1 Å². The predicted molar refractivity (Wildman–Crippen MR) is 82.3 cm³/mol. The van der Waals surface area contributed by atoms with Crippen LogP contribution in [0, 0.1) is 5.82 Å². The zero-order valence-corrected chi connectivity index (χ0v) is 13.5. The molecule has 0 saturated carbocycles. The fourth-order valence-electron chi connectivity index (χ4n) is 3.25. The predicted octanol–water partition coefficient (Wildman–Crippen LogP) is 1.52. The van der Waals surface area contributed by atoms with E-state index in [2.05, 4.69) is 14.6 Å². The Hall–Kier alpha value is -2.13. The number of aromatic nitrogens is 3. The summed E-state index contributed by atoms with van der Waals surface area (Å²) >= 11 is 1.13. The summed E-state index contributed by atoms with van der Waals surface area (Å²) in [6, 6.07) is 2.69. The van der Waals surface area contributed by atoms with Gasteiger partial charge in [0.15, 0.2) is 11.5 Å². The highest BCUT2D eigenvalue weighted by molar-refractivity contribution is 7.03. The molecule has 1 amide bonds. The maximum atomic E-state index is 13.8. The van der Waals surface area contributed by atoms with Crippen LogP contribution in [-0.2, 0) is 4.74 Å². The first kappa shape index (κ1) is 15.4. The summed E-state index contributed by atoms with van der Waals surface area (Å²) in [6.07, 6.45) is 2.39. The topological polar surface area (TPSA) is 77.4 Å². The quantitative estimate of drug-likeness (QED) is 0.835. The Morgan fingerprint density at radius 1 is 1.50 bits per heavy atom. The van der Waals surface area contributed by atoms with E-state index in [-0.39, 0.29) is 23.9 Å². The summed E-state index contributed by atoms with van der Waals surface area (Å²) in [5, 5.41) is 5.46. The number of fused-ring (bicyclic) bond motifs is 1. The molecule has 9 heteroatoms. The number of hydrogen-bond acceptors (Lipinski definition) is 7. The average Bonchev–Trinajstić information content (AvgIpc) is 3.25. The Morgan fingerprint density at radius 2 is 2.42 bits per heavy atom. The number of hydrogen-bond donors (Lipinski definition) is 0. The lowest BCUT2D eigenvalue weighted by Gasteiger charge is -2.31. The smallest absolute Gasteiger partial charge is 0.275 e. The van der Waals surface area contributed by atoms with Crippen LogP contribution in [0.15, 0.2) is 23.7 Å². The zero-order valence-electron chi connectivity index (χ0n) is 12.7. The van der Waals surface area contributed by atoms with E-state index in [0.717, 1.165) is 24.4 Å². The average molecular weight is 350 g/mol. The van der Waals surface area contributed by atoms with Crippen molar-refractivity contribution in [3.8, 4) is 5.88 Å². The molecule has 0 spiro atoms. The van der Waals surface area contributed by atoms with E-state index in [9.17, 15) is 9.18 Å². The van der Waals surface area contributed by atoms with Gasteiger partial charge in [-0.1, -0.05) is 4.49 Å². The number of ether oxygens (including phenoxy) is 2. The molecular weight excluding hydrogens is 335 g/mol. The number of rotatable bonds is 3. The Labute approximate surface area is 141 Å². The van der Waals surface area contributed by atoms with E-state index in [1.165, 1.54) is 18.3 Å². The van der Waals surface area contributed by atoms with E-state index in [0.29, 0.717) is 18.8 Å². The lowest BCUT2D eigenvalue weighted by molar-refractivity contribution is -0.0462. The first-order valence-corrected chi connectivity index (χ1v) is 8.54. The van der Waals surface area contributed by atoms with Crippen LogP contribution < -0.4 is 4.74 Å². The van der Waals surface area contributed by atoms with Crippen molar-refractivity contribution in [1.82, 2.24) is 19.5 Å². The van der Waals surface area contributed by atoms with Crippen molar-refractivity contribution in [3.05, 3.63) is 35.2 Å². The molecule has 4 heterocycles. The van der Waals surface area contributed by atoms with E-state index in [1.807, 2.05) is 0 Å². The zero-order chi connectivity index (χ0) is 16.5. The summed E-state index contributed by atoms with van der Waals surface area (Å²) in [5.41, 5.74) is 0.314. The fourth-order valence-corrected chi connectivity index (χ4v) is 3.68. The number of halogens is 1. The standard InChI is InChI=1S/C15H15FN4O3S/c16-9-3-1-5-17-14(9)23-12-7-20(11-4-2-6-22-13(11)12)15(21)10-8-24-19-18-10/h1,3,5,8,11-13H,2,4,6-7H2/t11-,12+,13+/m1/s1. The van der Waals surface area contributed by atoms with Crippen molar-refractivity contribution in [2.24, 2.45) is 0 Å². The van der Waals surface area contributed by atoms with Gasteiger partial charge in [0.05, 0.1) is 12.6 Å². The van der Waals surface area contributed by atoms with E-state index in [4.69, 9.17) is 9.47 Å². The molecule has 0 aliphatic carbocycles. The molecule has 3 atom stereocenters. The molecule has 2 aromatic heterocycles. The molecule has 2 fully saturated rings. The molecule has 2 aromatic rings. The van der Waals surface area contributed by atoms with Crippen LogP contribution in [0.5, 0.6) is 5.88 Å². The van der Waals surface area contributed by atoms with Crippen LogP contribution >= 0.6 is 11.5 Å². The van der Waals surface area contributed by atoms with Crippen molar-refractivity contribution in [3.63, 3.8) is 0 Å². The van der Waals surface area contributed by atoms with Crippen molar-refractivity contribution >= 4 is 17.4 Å². The third kappa shape index (κ3) is 2.73. The largest absolute Gasteiger partial charge is 0.468 e. The number of nitrogens with zero attached hydrogens (tertiary/aromatic N) is 4. The molecule has 0 unspecified atom stereocenters. The molecular formula is C15H15FN4O3S. The van der Waals surface area contributed by atoms with Gasteiger partial charge in [-0.3, -0.25) is 4.79 Å². The highest BCUT2D eigenvalue weighted by Crippen LogP contribution is 2.32. The summed E-state index contributed by atoms with van der Waals surface area (Å²) in [4.78, 5) is 18.3. The highest BCUT2D eigenvalue weighted by Gasteiger charge is 2.48. The minimum atomic E-state index is -0.529. The van der Waals surface area contributed by atoms with Crippen LogP contribution in [0.3, 0.4) is 0 Å². The van der Waals surface area contributed by atoms with Crippen molar-refractivity contribution in [2.75, 3.05) is 13.2 Å². The van der Waals surface area contributed by atoms with Gasteiger partial charge >= 0.3 is 0 Å². The van der Waals surface area contributed by atoms with Gasteiger partial charge in [0.1, 0.15) is 12.2 Å². The molecule has 0 radical (unpaired) electrons. The molecule has 7 nitrogen and oxygen atoms in total. The maximum Gasteiger partial charge on any atom is 0.275 e. The first-order chi connectivity index (χ1) is 11.7. The lowest BCUT2D eigenvalue weighted by Crippen LogP contribution is -2.44. The summed E-state index contributed by atoms with van der Waals surface area (Å²) < 4.78 is 29.1. The van der Waals surface area contributed by atoms with E-state index in [1.54, 1.807) is 10.3 Å². The van der Waals surface area contributed by atoms with Gasteiger partial charge < -0.3 is 14.4 Å². The number of carbonyl (C=O) groups is 1. The lowest BCUT2D eigenvalue weighted by atomic mass is 10.0. The second-order valence-corrected chi connectivity index (χ2v) is 6.35. The minimum absolute atomic E-state index is 0.0694. The molecule has 4 rings (SSSR count). The van der Waals surface area contributed by atoms with E-state index >= 15 is 0 Å². The highest BCUT2D eigenvalue weighted by atomic mass is 32.1. The molecule has 0 bridgehead atoms. The van der Waals surface area contributed by atoms with Crippen LogP contribution in [0.25, 0.3) is 0 Å². The first-order valence-electron chi connectivity index (χ1n) is 7.71. The van der Waals surface area contributed by atoms with E-state index < -0.39 is 11.9 Å². The summed E-state index contributed by atoms with van der Waals surface area (Å²) in [5.74, 6) is -0.796. The van der Waals surface area contributed by atoms with Gasteiger partial charge in [0.25, 0.3) is 11.8 Å². The Kier molecular flexibility index (Phi) is 4.11. The van der Waals surface area contributed by atoms with Crippen molar-refractivity contribution in [1.29, 1.82) is 0 Å². The fraction of sp³-hybridized carbons (Fsp3) is 0.467. The Morgan fingerprint density at radius 3 is 3.21 bits per heavy atom. The normalized spacial score (nSPS) is 26.2.